The van der Waals surface area contributed by atoms with Crippen LogP contribution >= 0.6 is 11.3 Å². The summed E-state index contributed by atoms with van der Waals surface area (Å²) in [7, 11) is 0. The Hall–Kier alpha value is -19.7. The first kappa shape index (κ1) is 86.4. The average Bonchev–Trinajstić information content (AvgIpc) is 1.60. The molecular formula is C133H87N11O2S. The number of aromatic nitrogens is 8. The van der Waals surface area contributed by atoms with E-state index in [9.17, 15) is 0 Å². The van der Waals surface area contributed by atoms with E-state index in [1.807, 2.05) is 103 Å². The van der Waals surface area contributed by atoms with Crippen molar-refractivity contribution in [2.45, 2.75) is 0 Å². The molecule has 692 valence electrons. The number of nitrogens with zero attached hydrogens (tertiary/aromatic N) is 11. The third-order valence-corrected chi connectivity index (χ3v) is 29.2. The summed E-state index contributed by atoms with van der Waals surface area (Å²) < 4.78 is 22.4. The fourth-order valence-corrected chi connectivity index (χ4v) is 22.4. The first-order valence-corrected chi connectivity index (χ1v) is 50.1. The van der Waals surface area contributed by atoms with E-state index in [1.54, 1.807) is 0 Å². The molecule has 0 spiro atoms. The molecule has 0 radical (unpaired) electrons. The normalized spacial score (nSPS) is 11.5. The SMILES string of the molecule is c1ccc(-c2ccc(N(c3ccc(-c4ccc5c(c4)c4ccccc4n5-c4ccccc4)nc3)c3cccc4c3oc3ccccc34)cc2)cc1.c1ccc(-c2ccc(N(c3cnc(-c4ccc5c(c4)c4ccccc4n5-c4ccccc4)cn3)c3cccc4c3sc3ccccc34)cc2)cc1.c1ccc(N(c2cnc(-c3ccc4c(c3)c3ccccc3n4-c3ccccc3)nc2)c2cccc3c2oc2ccccc23)cc1. The highest BCUT2D eigenvalue weighted by molar-refractivity contribution is 7.26. The Labute approximate surface area is 849 Å². The van der Waals surface area contributed by atoms with Gasteiger partial charge in [-0.3, -0.25) is 14.9 Å². The lowest BCUT2D eigenvalue weighted by molar-refractivity contribution is 0.668. The standard InChI is InChI=1S/C47H31N3O.C46H30N4S.C40H26N4O/c1-3-12-32(13-4-1)33-22-25-36(26-23-33)49(45-20-11-18-40-39-17-8-10-21-46(39)51-47(40)45)37-27-28-42(48-31-37)34-24-29-44-41(30-34)38-16-7-9-19-43(38)50(44)35-14-5-2-6-15-35;1-3-12-31(13-4-1)32-22-25-35(26-23-32)50(43-20-11-18-38-37-17-8-10-21-44(37)51-46(38)43)45-30-47-40(29-48-45)33-24-27-42-39(28-33)36-16-7-9-19-41(36)49(42)34-14-5-2-6-15-34;1-3-12-28(13-4-1)43(37-20-11-18-33-32-17-8-10-21-38(32)45-39(33)37)30-25-41-40(42-26-30)27-22-23-36-34(24-27)31-16-7-9-19-35(31)44(36)29-14-5-2-6-15-29/h1-31H;1-30H;1-26H. The van der Waals surface area contributed by atoms with Gasteiger partial charge in [-0.05, 0) is 204 Å². The molecule has 13 nitrogen and oxygen atoms in total. The number of hydrogen-bond donors (Lipinski definition) is 0. The number of pyridine rings is 1. The molecule has 0 fully saturated rings. The number of rotatable bonds is 17. The van der Waals surface area contributed by atoms with Crippen LogP contribution in [-0.4, -0.2) is 38.6 Å². The molecule has 9 heterocycles. The Morgan fingerprint density at radius 1 is 0.197 bits per heavy atom. The molecule has 14 heteroatoms. The molecule has 20 aromatic carbocycles. The maximum Gasteiger partial charge on any atom is 0.159 e. The van der Waals surface area contributed by atoms with E-state index in [-0.39, 0.29) is 0 Å². The zero-order valence-electron chi connectivity index (χ0n) is 79.4. The van der Waals surface area contributed by atoms with Crippen LogP contribution in [0.25, 0.3) is 203 Å². The van der Waals surface area contributed by atoms with E-state index in [0.29, 0.717) is 5.82 Å². The molecular weight excluding hydrogens is 1820 g/mol. The van der Waals surface area contributed by atoms with E-state index in [0.717, 1.165) is 151 Å². The third kappa shape index (κ3) is 15.6. The molecule has 0 N–H and O–H groups in total. The molecule has 0 saturated carbocycles. The number of anilines is 9. The summed E-state index contributed by atoms with van der Waals surface area (Å²) in [5.41, 5.74) is 31.2. The second-order valence-corrected chi connectivity index (χ2v) is 37.7. The van der Waals surface area contributed by atoms with Crippen LogP contribution < -0.4 is 14.7 Å². The van der Waals surface area contributed by atoms with E-state index in [2.05, 4.69) is 465 Å². The molecule has 29 rings (SSSR count). The van der Waals surface area contributed by atoms with Gasteiger partial charge in [-0.15, -0.1) is 11.3 Å². The zero-order chi connectivity index (χ0) is 97.2. The minimum Gasteiger partial charge on any atom is -0.454 e. The lowest BCUT2D eigenvalue weighted by atomic mass is 10.0. The van der Waals surface area contributed by atoms with Gasteiger partial charge >= 0.3 is 0 Å². The van der Waals surface area contributed by atoms with Gasteiger partial charge in [-0.25, -0.2) is 15.0 Å². The predicted octanol–water partition coefficient (Wildman–Crippen LogP) is 36.2. The smallest absolute Gasteiger partial charge is 0.159 e. The fraction of sp³-hybridized carbons (Fsp3) is 0. The molecule has 29 aromatic rings. The number of furan rings is 2. The molecule has 9 aromatic heterocycles. The first-order chi connectivity index (χ1) is 72.9. The van der Waals surface area contributed by atoms with Crippen LogP contribution in [0.2, 0.25) is 0 Å². The van der Waals surface area contributed by atoms with Crippen molar-refractivity contribution >= 4 is 192 Å². The van der Waals surface area contributed by atoms with Crippen LogP contribution in [0, 0.1) is 0 Å². The van der Waals surface area contributed by atoms with E-state index >= 15 is 0 Å². The van der Waals surface area contributed by atoms with Gasteiger partial charge in [-0.2, -0.15) is 0 Å². The molecule has 0 saturated heterocycles. The molecule has 147 heavy (non-hydrogen) atoms. The summed E-state index contributed by atoms with van der Waals surface area (Å²) in [6.07, 6.45) is 9.58. The fourth-order valence-electron chi connectivity index (χ4n) is 21.2. The van der Waals surface area contributed by atoms with Gasteiger partial charge in [0, 0.05) is 120 Å². The van der Waals surface area contributed by atoms with Crippen molar-refractivity contribution in [1.29, 1.82) is 0 Å². The number of benzene rings is 20. The number of thiophene rings is 1. The Morgan fingerprint density at radius 3 is 1.02 bits per heavy atom. The topological polar surface area (TPSA) is 115 Å². The number of fused-ring (bicyclic) bond motifs is 18. The minimum atomic E-state index is 0.673. The molecule has 0 unspecified atom stereocenters. The average molecular weight is 1900 g/mol. The van der Waals surface area contributed by atoms with Crippen LogP contribution in [-0.2, 0) is 0 Å². The van der Waals surface area contributed by atoms with Gasteiger partial charge in [-0.1, -0.05) is 315 Å². The van der Waals surface area contributed by atoms with Gasteiger partial charge in [0.25, 0.3) is 0 Å². The number of hydrogen-bond acceptors (Lipinski definition) is 11. The summed E-state index contributed by atoms with van der Waals surface area (Å²) in [5, 5.41) is 14.1. The van der Waals surface area contributed by atoms with Crippen LogP contribution in [0.4, 0.5) is 51.3 Å². The summed E-state index contributed by atoms with van der Waals surface area (Å²) in [5.74, 6) is 1.44. The maximum atomic E-state index is 6.54. The Balaban J connectivity index is 0.000000109. The second-order valence-electron chi connectivity index (χ2n) is 36.6. The van der Waals surface area contributed by atoms with Crippen molar-refractivity contribution in [2.24, 2.45) is 0 Å². The van der Waals surface area contributed by atoms with Gasteiger partial charge in [0.15, 0.2) is 22.8 Å². The highest BCUT2D eigenvalue weighted by atomic mass is 32.1. The largest absolute Gasteiger partial charge is 0.454 e. The van der Waals surface area contributed by atoms with Gasteiger partial charge in [0.1, 0.15) is 11.2 Å². The van der Waals surface area contributed by atoms with Crippen LogP contribution in [0.1, 0.15) is 0 Å². The van der Waals surface area contributed by atoms with Crippen molar-refractivity contribution < 1.29 is 8.83 Å². The first-order valence-electron chi connectivity index (χ1n) is 49.3. The van der Waals surface area contributed by atoms with E-state index in [4.69, 9.17) is 33.8 Å². The van der Waals surface area contributed by atoms with Crippen molar-refractivity contribution in [3.05, 3.63) is 528 Å². The Morgan fingerprint density at radius 2 is 0.544 bits per heavy atom. The lowest BCUT2D eigenvalue weighted by Crippen LogP contribution is -2.12. The van der Waals surface area contributed by atoms with Crippen LogP contribution in [0.5, 0.6) is 0 Å². The summed E-state index contributed by atoms with van der Waals surface area (Å²) in [6, 6.07) is 174. The molecule has 0 bridgehead atoms. The van der Waals surface area contributed by atoms with Crippen molar-refractivity contribution in [1.82, 2.24) is 38.6 Å². The summed E-state index contributed by atoms with van der Waals surface area (Å²) in [6.45, 7) is 0. The zero-order valence-corrected chi connectivity index (χ0v) is 80.2. The number of para-hydroxylation sites is 11. The highest BCUT2D eigenvalue weighted by Crippen LogP contribution is 2.50. The molecule has 0 aliphatic heterocycles. The van der Waals surface area contributed by atoms with Crippen molar-refractivity contribution in [2.75, 3.05) is 14.7 Å². The highest BCUT2D eigenvalue weighted by Gasteiger charge is 2.27. The van der Waals surface area contributed by atoms with Crippen LogP contribution in [0.15, 0.2) is 537 Å². The van der Waals surface area contributed by atoms with E-state index < -0.39 is 0 Å². The monoisotopic (exact) mass is 1900 g/mol. The van der Waals surface area contributed by atoms with Gasteiger partial charge in [0.05, 0.1) is 109 Å². The lowest BCUT2D eigenvalue weighted by Gasteiger charge is -2.25. The van der Waals surface area contributed by atoms with E-state index in [1.165, 1.54) is 96.8 Å². The van der Waals surface area contributed by atoms with Gasteiger partial charge < -0.3 is 32.3 Å². The summed E-state index contributed by atoms with van der Waals surface area (Å²) in [4.78, 5) is 31.7. The Bertz CT molecular complexity index is 9580. The molecule has 0 atom stereocenters. The molecule has 0 aliphatic carbocycles. The van der Waals surface area contributed by atoms with Crippen LogP contribution in [0.3, 0.4) is 0 Å². The quantitative estimate of drug-likeness (QED) is 0.0873. The summed E-state index contributed by atoms with van der Waals surface area (Å²) >= 11 is 1.82. The molecule has 0 aliphatic rings. The minimum absolute atomic E-state index is 0.673. The van der Waals surface area contributed by atoms with Crippen molar-refractivity contribution in [3.63, 3.8) is 0 Å². The third-order valence-electron chi connectivity index (χ3n) is 28.0. The molecule has 0 amide bonds. The predicted molar refractivity (Wildman–Crippen MR) is 610 cm³/mol. The second kappa shape index (κ2) is 37.1. The van der Waals surface area contributed by atoms with Crippen molar-refractivity contribution in [3.8, 4) is 73.2 Å². The maximum absolute atomic E-state index is 6.54. The van der Waals surface area contributed by atoms with Gasteiger partial charge in [0.2, 0.25) is 0 Å². The Kier molecular flexibility index (Phi) is 21.8.